The van der Waals surface area contributed by atoms with Crippen molar-refractivity contribution in [1.29, 1.82) is 0 Å². The van der Waals surface area contributed by atoms with Gasteiger partial charge < -0.3 is 49.0 Å². The molecule has 0 aliphatic heterocycles. The smallest absolute Gasteiger partial charge is 0.326 e. The number of carboxylic acid groups (broad SMARTS) is 1. The van der Waals surface area contributed by atoms with E-state index >= 15 is 0 Å². The summed E-state index contributed by atoms with van der Waals surface area (Å²) in [6, 6.07) is -4.64. The van der Waals surface area contributed by atoms with Crippen molar-refractivity contribution in [1.82, 2.24) is 25.9 Å². The first kappa shape index (κ1) is 29.8. The lowest BCUT2D eigenvalue weighted by molar-refractivity contribution is -0.142. The number of carbonyl (C=O) groups excluding carboxylic acids is 4. The van der Waals surface area contributed by atoms with Crippen LogP contribution in [0.5, 0.6) is 0 Å². The molecule has 0 aromatic carbocycles. The average molecular weight is 511 g/mol. The lowest BCUT2D eigenvalue weighted by Crippen LogP contribution is -2.56. The van der Waals surface area contributed by atoms with Crippen molar-refractivity contribution < 1.29 is 29.1 Å². The Morgan fingerprint density at radius 1 is 1.03 bits per heavy atom. The summed E-state index contributed by atoms with van der Waals surface area (Å²) in [6.07, 6.45) is 2.93. The second-order valence-corrected chi connectivity index (χ2v) is 8.03. The minimum Gasteiger partial charge on any atom is -0.480 e. The fraction of sp³-hybridized carbons (Fsp3) is 0.550. The van der Waals surface area contributed by atoms with E-state index in [1.807, 2.05) is 0 Å². The number of carbonyl (C=O) groups is 5. The summed E-state index contributed by atoms with van der Waals surface area (Å²) in [5.41, 5.74) is 22.1. The molecule has 0 fully saturated rings. The van der Waals surface area contributed by atoms with Gasteiger partial charge in [-0.15, -0.1) is 0 Å². The zero-order chi connectivity index (χ0) is 27.3. The maximum Gasteiger partial charge on any atom is 0.326 e. The molecule has 13 N–H and O–H groups in total. The van der Waals surface area contributed by atoms with Crippen LogP contribution in [0.2, 0.25) is 0 Å². The molecule has 16 heteroatoms. The first-order chi connectivity index (χ1) is 16.9. The third-order valence-electron chi connectivity index (χ3n) is 4.96. The molecule has 4 amide bonds. The quantitative estimate of drug-likeness (QED) is 0.0592. The summed E-state index contributed by atoms with van der Waals surface area (Å²) >= 11 is 0. The number of aromatic amines is 1. The lowest BCUT2D eigenvalue weighted by Gasteiger charge is -2.23. The van der Waals surface area contributed by atoms with Gasteiger partial charge in [-0.1, -0.05) is 0 Å². The minimum atomic E-state index is -1.31. The maximum absolute atomic E-state index is 12.8. The van der Waals surface area contributed by atoms with Gasteiger partial charge in [0.25, 0.3) is 0 Å². The number of nitrogens with two attached hydrogens (primary N) is 4. The van der Waals surface area contributed by atoms with Gasteiger partial charge in [0, 0.05) is 31.3 Å². The Labute approximate surface area is 207 Å². The van der Waals surface area contributed by atoms with Crippen LogP contribution in [0.3, 0.4) is 0 Å². The van der Waals surface area contributed by atoms with Crippen molar-refractivity contribution in [2.45, 2.75) is 63.2 Å². The van der Waals surface area contributed by atoms with Gasteiger partial charge in [-0.05, 0) is 26.2 Å². The number of aliphatic carboxylic acids is 1. The molecule has 1 aromatic rings. The second-order valence-electron chi connectivity index (χ2n) is 8.03. The molecule has 1 rings (SSSR count). The average Bonchev–Trinajstić information content (AvgIpc) is 3.30. The van der Waals surface area contributed by atoms with E-state index in [0.717, 1.165) is 0 Å². The predicted molar refractivity (Wildman–Crippen MR) is 128 cm³/mol. The number of aliphatic imine (C=N–C) groups is 1. The number of hydrogen-bond acceptors (Lipinski definition) is 8. The Kier molecular flexibility index (Phi) is 12.4. The number of primary amides is 1. The molecule has 16 nitrogen and oxygen atoms in total. The molecule has 0 aliphatic rings. The first-order valence-electron chi connectivity index (χ1n) is 11.1. The highest BCUT2D eigenvalue weighted by Gasteiger charge is 2.29. The molecule has 0 aliphatic carbocycles. The van der Waals surface area contributed by atoms with Crippen molar-refractivity contribution in [2.24, 2.45) is 27.9 Å². The van der Waals surface area contributed by atoms with Crippen LogP contribution in [-0.4, -0.2) is 81.3 Å². The second kappa shape index (κ2) is 14.9. The molecule has 36 heavy (non-hydrogen) atoms. The van der Waals surface area contributed by atoms with Crippen LogP contribution >= 0.6 is 0 Å². The molecule has 200 valence electrons. The summed E-state index contributed by atoms with van der Waals surface area (Å²) in [5, 5.41) is 16.6. The Hall–Kier alpha value is -4.21. The zero-order valence-electron chi connectivity index (χ0n) is 19.9. The van der Waals surface area contributed by atoms with E-state index in [0.29, 0.717) is 5.69 Å². The molecule has 0 radical (unpaired) electrons. The number of hydrogen-bond donors (Lipinski definition) is 9. The van der Waals surface area contributed by atoms with E-state index in [2.05, 4.69) is 30.9 Å². The van der Waals surface area contributed by atoms with Gasteiger partial charge in [0.2, 0.25) is 23.6 Å². The van der Waals surface area contributed by atoms with E-state index in [-0.39, 0.29) is 44.6 Å². The normalized spacial score (nSPS) is 13.9. The molecule has 0 saturated heterocycles. The van der Waals surface area contributed by atoms with Gasteiger partial charge in [0.1, 0.15) is 18.1 Å². The van der Waals surface area contributed by atoms with Crippen molar-refractivity contribution in [3.05, 3.63) is 18.2 Å². The molecule has 4 unspecified atom stereocenters. The van der Waals surface area contributed by atoms with Crippen LogP contribution in [0.15, 0.2) is 17.5 Å². The summed E-state index contributed by atoms with van der Waals surface area (Å²) in [7, 11) is 0. The molecule has 4 atom stereocenters. The van der Waals surface area contributed by atoms with Gasteiger partial charge in [-0.25, -0.2) is 9.78 Å². The number of nitrogens with one attached hydrogen (secondary N) is 4. The Balaban J connectivity index is 2.76. The summed E-state index contributed by atoms with van der Waals surface area (Å²) in [4.78, 5) is 70.9. The van der Waals surface area contributed by atoms with E-state index in [9.17, 15) is 29.1 Å². The van der Waals surface area contributed by atoms with Crippen LogP contribution in [-0.2, 0) is 30.4 Å². The molecule has 0 saturated carbocycles. The largest absolute Gasteiger partial charge is 0.480 e. The number of rotatable bonds is 16. The first-order valence-corrected chi connectivity index (χ1v) is 11.1. The van der Waals surface area contributed by atoms with Crippen molar-refractivity contribution in [3.8, 4) is 0 Å². The van der Waals surface area contributed by atoms with Crippen LogP contribution in [0.4, 0.5) is 0 Å². The summed E-state index contributed by atoms with van der Waals surface area (Å²) in [6.45, 7) is 1.53. The third kappa shape index (κ3) is 11.3. The van der Waals surface area contributed by atoms with Gasteiger partial charge in [0.15, 0.2) is 5.96 Å². The number of aromatic nitrogens is 2. The predicted octanol–water partition coefficient (Wildman–Crippen LogP) is -3.84. The fourth-order valence-electron chi connectivity index (χ4n) is 3.00. The standard InChI is InChI=1S/C20H34N10O6/c1-10(28-17(33)12(21)7-11-8-25-9-27-11)16(32)29-13(4-5-15(22)31)18(34)30-14(19(35)36)3-2-6-26-20(23)24/h8-10,12-14H,2-7,21H2,1H3,(H2,22,31)(H,25,27)(H,28,33)(H,29,32)(H,30,34)(H,35,36)(H4,23,24,26). The lowest BCUT2D eigenvalue weighted by atomic mass is 10.1. The molecule has 1 heterocycles. The topological polar surface area (TPSA) is 287 Å². The number of amides is 4. The van der Waals surface area contributed by atoms with Gasteiger partial charge in [-0.3, -0.25) is 24.2 Å². The molecular weight excluding hydrogens is 476 g/mol. The highest BCUT2D eigenvalue weighted by molar-refractivity contribution is 5.94. The number of carboxylic acids is 1. The number of guanidine groups is 1. The molecule has 0 spiro atoms. The minimum absolute atomic E-state index is 0.00895. The van der Waals surface area contributed by atoms with E-state index in [4.69, 9.17) is 22.9 Å². The Bertz CT molecular complexity index is 931. The van der Waals surface area contributed by atoms with Crippen LogP contribution in [0, 0.1) is 0 Å². The number of nitrogens with zero attached hydrogens (tertiary/aromatic N) is 2. The fourth-order valence-corrected chi connectivity index (χ4v) is 3.00. The van der Waals surface area contributed by atoms with E-state index in [1.54, 1.807) is 0 Å². The summed E-state index contributed by atoms with van der Waals surface area (Å²) in [5.74, 6) is -4.38. The van der Waals surface area contributed by atoms with Crippen LogP contribution < -0.4 is 38.9 Å². The molecule has 0 bridgehead atoms. The van der Waals surface area contributed by atoms with Crippen molar-refractivity contribution in [3.63, 3.8) is 0 Å². The SMILES string of the molecule is CC(NC(=O)C(N)Cc1cnc[nH]1)C(=O)NC(CCC(N)=O)C(=O)NC(CCCN=C(N)N)C(=O)O. The monoisotopic (exact) mass is 510 g/mol. The third-order valence-corrected chi connectivity index (χ3v) is 4.96. The highest BCUT2D eigenvalue weighted by Crippen LogP contribution is 2.04. The Morgan fingerprint density at radius 3 is 2.25 bits per heavy atom. The molecule has 1 aromatic heterocycles. The van der Waals surface area contributed by atoms with Gasteiger partial charge in [-0.2, -0.15) is 0 Å². The number of H-pyrrole nitrogens is 1. The Morgan fingerprint density at radius 2 is 1.69 bits per heavy atom. The highest BCUT2D eigenvalue weighted by atomic mass is 16.4. The number of imidazole rings is 1. The van der Waals surface area contributed by atoms with Crippen LogP contribution in [0.25, 0.3) is 0 Å². The van der Waals surface area contributed by atoms with E-state index < -0.39 is 53.8 Å². The van der Waals surface area contributed by atoms with Crippen LogP contribution in [0.1, 0.15) is 38.3 Å². The van der Waals surface area contributed by atoms with Crippen molar-refractivity contribution in [2.75, 3.05) is 6.54 Å². The van der Waals surface area contributed by atoms with Gasteiger partial charge in [0.05, 0.1) is 12.4 Å². The molecular formula is C20H34N10O6. The summed E-state index contributed by atoms with van der Waals surface area (Å²) < 4.78 is 0. The van der Waals surface area contributed by atoms with Crippen molar-refractivity contribution >= 4 is 35.6 Å². The van der Waals surface area contributed by atoms with E-state index in [1.165, 1.54) is 19.4 Å². The maximum atomic E-state index is 12.8. The van der Waals surface area contributed by atoms with Gasteiger partial charge >= 0.3 is 5.97 Å². The zero-order valence-corrected chi connectivity index (χ0v) is 19.9.